The minimum absolute atomic E-state index is 0.968. The molecule has 1 nitrogen and oxygen atoms in total. The van der Waals surface area contributed by atoms with Crippen LogP contribution < -0.4 is 0 Å². The first-order chi connectivity index (χ1) is 11.8. The van der Waals surface area contributed by atoms with Crippen LogP contribution in [0.2, 0.25) is 0 Å². The summed E-state index contributed by atoms with van der Waals surface area (Å²) in [6.07, 6.45) is 0. The summed E-state index contributed by atoms with van der Waals surface area (Å²) in [5.74, 6) is 0. The molecular formula is C22H21NSn. The second-order valence-electron chi connectivity index (χ2n) is 6.38. The van der Waals surface area contributed by atoms with Crippen LogP contribution in [-0.2, 0) is 13.3 Å². The monoisotopic (exact) mass is 419 g/mol. The first-order valence-electron chi connectivity index (χ1n) is 8.33. The molecule has 3 rings (SSSR count). The van der Waals surface area contributed by atoms with E-state index >= 15 is 0 Å². The molecule has 0 radical (unpaired) electrons. The molecule has 0 aliphatic rings. The van der Waals surface area contributed by atoms with E-state index in [1.54, 1.807) is 0 Å². The molecule has 0 fully saturated rings. The van der Waals surface area contributed by atoms with Crippen LogP contribution >= 0.6 is 0 Å². The molecule has 0 bridgehead atoms. The van der Waals surface area contributed by atoms with Crippen LogP contribution in [0.1, 0.15) is 16.7 Å². The van der Waals surface area contributed by atoms with E-state index in [4.69, 9.17) is 0 Å². The minimum atomic E-state index is -3.08. The summed E-state index contributed by atoms with van der Waals surface area (Å²) in [5.41, 5.74) is 3.92. The summed E-state index contributed by atoms with van der Waals surface area (Å²) >= 11 is -3.08. The van der Waals surface area contributed by atoms with E-state index in [1.165, 1.54) is 16.7 Å². The summed E-state index contributed by atoms with van der Waals surface area (Å²) in [7, 11) is 0. The van der Waals surface area contributed by atoms with E-state index in [2.05, 4.69) is 76.9 Å². The molecule has 3 aromatic rings. The number of nitriles is 1. The number of rotatable bonds is 6. The molecule has 0 atom stereocenters. The van der Waals surface area contributed by atoms with Gasteiger partial charge in [-0.25, -0.2) is 0 Å². The Bertz CT molecular complexity index is 690. The summed E-state index contributed by atoms with van der Waals surface area (Å²) in [6.45, 7) is 0. The van der Waals surface area contributed by atoms with Gasteiger partial charge in [-0.3, -0.25) is 0 Å². The molecule has 0 aliphatic heterocycles. The Kier molecular flexibility index (Phi) is 5.72. The van der Waals surface area contributed by atoms with Crippen LogP contribution in [0.5, 0.6) is 0 Å². The maximum absolute atomic E-state index is 10.2. The van der Waals surface area contributed by atoms with Crippen molar-refractivity contribution < 1.29 is 0 Å². The molecule has 118 valence electrons. The second-order valence-corrected chi connectivity index (χ2v) is 17.4. The van der Waals surface area contributed by atoms with Crippen molar-refractivity contribution in [1.29, 1.82) is 5.26 Å². The summed E-state index contributed by atoms with van der Waals surface area (Å²) < 4.78 is 5.78. The Morgan fingerprint density at radius 1 is 0.542 bits per heavy atom. The van der Waals surface area contributed by atoms with E-state index in [1.807, 2.05) is 18.2 Å². The topological polar surface area (TPSA) is 23.8 Å². The predicted octanol–water partition coefficient (Wildman–Crippen LogP) is 4.84. The first-order valence-corrected chi connectivity index (χ1v) is 15.8. The number of benzene rings is 3. The van der Waals surface area contributed by atoms with Gasteiger partial charge in [-0.2, -0.15) is 0 Å². The van der Waals surface area contributed by atoms with Gasteiger partial charge < -0.3 is 0 Å². The van der Waals surface area contributed by atoms with Gasteiger partial charge in [0, 0.05) is 0 Å². The summed E-state index contributed by atoms with van der Waals surface area (Å²) in [6, 6.07) is 31.6. The molecule has 0 N–H and O–H groups in total. The van der Waals surface area contributed by atoms with Crippen molar-refractivity contribution in [3.63, 3.8) is 0 Å². The van der Waals surface area contributed by atoms with Crippen molar-refractivity contribution >= 4 is 18.4 Å². The van der Waals surface area contributed by atoms with Gasteiger partial charge in [-0.15, -0.1) is 0 Å². The third kappa shape index (κ3) is 4.49. The van der Waals surface area contributed by atoms with Crippen LogP contribution in [0.15, 0.2) is 91.0 Å². The number of nitrogens with zero attached hydrogens (tertiary/aromatic N) is 1. The zero-order valence-corrected chi connectivity index (χ0v) is 16.6. The second kappa shape index (κ2) is 8.17. The fraction of sp³-hybridized carbons (Fsp3) is 0.136. The van der Waals surface area contributed by atoms with E-state index < -0.39 is 18.4 Å². The van der Waals surface area contributed by atoms with Gasteiger partial charge in [0.2, 0.25) is 0 Å². The molecule has 0 amide bonds. The zero-order chi connectivity index (χ0) is 16.7. The Hall–Kier alpha value is -2.05. The van der Waals surface area contributed by atoms with Crippen LogP contribution in [0.3, 0.4) is 0 Å². The quantitative estimate of drug-likeness (QED) is 0.526. The fourth-order valence-corrected chi connectivity index (χ4v) is 13.7. The van der Waals surface area contributed by atoms with Gasteiger partial charge in [0.1, 0.15) is 0 Å². The van der Waals surface area contributed by atoms with Crippen molar-refractivity contribution in [3.05, 3.63) is 108 Å². The maximum atomic E-state index is 10.2. The van der Waals surface area contributed by atoms with Crippen LogP contribution in [0.25, 0.3) is 0 Å². The molecular weight excluding hydrogens is 397 g/mol. The number of hydrogen-bond donors (Lipinski definition) is 0. The van der Waals surface area contributed by atoms with Crippen molar-refractivity contribution in [2.75, 3.05) is 0 Å². The van der Waals surface area contributed by atoms with Crippen LogP contribution in [-0.4, -0.2) is 18.4 Å². The Balaban J connectivity index is 1.93. The molecule has 0 aromatic heterocycles. The van der Waals surface area contributed by atoms with E-state index in [-0.39, 0.29) is 0 Å². The SMILES string of the molecule is N#[C][Sn]([CH2]c1ccccc1)([CH2]c1ccccc1)[CH2]c1ccccc1. The molecule has 0 saturated heterocycles. The molecule has 0 heterocycles. The van der Waals surface area contributed by atoms with E-state index in [9.17, 15) is 5.26 Å². The zero-order valence-electron chi connectivity index (χ0n) is 13.7. The summed E-state index contributed by atoms with van der Waals surface area (Å²) in [4.78, 5) is 0. The molecule has 0 spiro atoms. The molecule has 3 aromatic carbocycles. The fourth-order valence-electron chi connectivity index (χ4n) is 3.27. The van der Waals surface area contributed by atoms with Crippen molar-refractivity contribution in [2.45, 2.75) is 13.3 Å². The van der Waals surface area contributed by atoms with Gasteiger partial charge >= 0.3 is 149 Å². The first kappa shape index (κ1) is 16.8. The molecule has 24 heavy (non-hydrogen) atoms. The Morgan fingerprint density at radius 3 is 1.08 bits per heavy atom. The number of hydrogen-bond acceptors (Lipinski definition) is 1. The van der Waals surface area contributed by atoms with Crippen molar-refractivity contribution in [2.24, 2.45) is 0 Å². The van der Waals surface area contributed by atoms with Gasteiger partial charge in [0.05, 0.1) is 0 Å². The third-order valence-electron chi connectivity index (χ3n) is 4.39. The van der Waals surface area contributed by atoms with Crippen molar-refractivity contribution in [1.82, 2.24) is 0 Å². The van der Waals surface area contributed by atoms with Gasteiger partial charge in [-0.1, -0.05) is 0 Å². The van der Waals surface area contributed by atoms with E-state index in [0.717, 1.165) is 13.3 Å². The molecule has 0 unspecified atom stereocenters. The third-order valence-corrected chi connectivity index (χ3v) is 15.0. The van der Waals surface area contributed by atoms with Crippen LogP contribution in [0.4, 0.5) is 0 Å². The standard InChI is InChI=1S/3C7H7.CN.Sn/c3*1-7-5-3-2-4-6-7;1-2;/h3*2-6H,1H2;;. The normalized spacial score (nSPS) is 11.0. The summed E-state index contributed by atoms with van der Waals surface area (Å²) in [5, 5.41) is 10.2. The molecule has 0 aliphatic carbocycles. The van der Waals surface area contributed by atoms with Gasteiger partial charge in [-0.05, 0) is 0 Å². The predicted molar refractivity (Wildman–Crippen MR) is 102 cm³/mol. The van der Waals surface area contributed by atoms with Gasteiger partial charge in [0.25, 0.3) is 0 Å². The molecule has 0 saturated carbocycles. The van der Waals surface area contributed by atoms with Crippen LogP contribution in [0, 0.1) is 9.35 Å². The van der Waals surface area contributed by atoms with E-state index in [0.29, 0.717) is 0 Å². The van der Waals surface area contributed by atoms with Gasteiger partial charge in [0.15, 0.2) is 0 Å². The average molecular weight is 418 g/mol. The Morgan fingerprint density at radius 2 is 0.833 bits per heavy atom. The average Bonchev–Trinajstić information content (AvgIpc) is 2.64. The van der Waals surface area contributed by atoms with Crippen molar-refractivity contribution in [3.8, 4) is 4.09 Å². The Labute approximate surface area is 148 Å². The molecule has 2 heteroatoms.